The summed E-state index contributed by atoms with van der Waals surface area (Å²) >= 11 is 0. The average Bonchev–Trinajstić information content (AvgIpc) is 2.73. The second-order valence-corrected chi connectivity index (χ2v) is 4.61. The Hall–Kier alpha value is -1.63. The van der Waals surface area contributed by atoms with E-state index in [2.05, 4.69) is 15.2 Å². The number of hydrogen-bond acceptors (Lipinski definition) is 5. The zero-order chi connectivity index (χ0) is 13.0. The Kier molecular flexibility index (Phi) is 4.14. The van der Waals surface area contributed by atoms with Crippen LogP contribution in [0.4, 0.5) is 11.6 Å². The molecular weight excluding hydrogens is 234 g/mol. The van der Waals surface area contributed by atoms with Crippen LogP contribution in [0.3, 0.4) is 0 Å². The van der Waals surface area contributed by atoms with Gasteiger partial charge in [0, 0.05) is 20.1 Å². The third-order valence-electron chi connectivity index (χ3n) is 3.26. The second kappa shape index (κ2) is 5.81. The molecule has 0 saturated carbocycles. The Morgan fingerprint density at radius 1 is 1.44 bits per heavy atom. The van der Waals surface area contributed by atoms with Crippen LogP contribution in [0, 0.1) is 10.1 Å². The maximum absolute atomic E-state index is 10.8. The van der Waals surface area contributed by atoms with Gasteiger partial charge in [0.25, 0.3) is 0 Å². The summed E-state index contributed by atoms with van der Waals surface area (Å²) in [5.74, 6) is 0.383. The van der Waals surface area contributed by atoms with Crippen molar-refractivity contribution in [2.45, 2.75) is 19.3 Å². The lowest BCUT2D eigenvalue weighted by Crippen LogP contribution is -2.33. The van der Waals surface area contributed by atoms with Crippen molar-refractivity contribution in [3.05, 3.63) is 16.4 Å². The fourth-order valence-corrected chi connectivity index (χ4v) is 2.27. The zero-order valence-corrected chi connectivity index (χ0v) is 10.6. The smallest absolute Gasteiger partial charge is 0.363 e. The molecule has 1 aromatic rings. The number of likely N-dealkylation sites (tertiary alicyclic amines) is 1. The van der Waals surface area contributed by atoms with Crippen LogP contribution in [0.25, 0.3) is 0 Å². The van der Waals surface area contributed by atoms with Crippen molar-refractivity contribution in [1.29, 1.82) is 0 Å². The molecule has 1 aliphatic rings. The van der Waals surface area contributed by atoms with E-state index in [0.717, 1.165) is 19.6 Å². The zero-order valence-electron chi connectivity index (χ0n) is 10.6. The van der Waals surface area contributed by atoms with Gasteiger partial charge in [0.05, 0.1) is 0 Å². The van der Waals surface area contributed by atoms with E-state index in [0.29, 0.717) is 12.4 Å². The molecule has 0 aromatic carbocycles. The van der Waals surface area contributed by atoms with Gasteiger partial charge in [-0.1, -0.05) is 6.42 Å². The number of rotatable bonds is 5. The summed E-state index contributed by atoms with van der Waals surface area (Å²) in [6.45, 7) is 3.90. The minimum atomic E-state index is -0.455. The number of nitro groups is 1. The Labute approximate surface area is 106 Å². The van der Waals surface area contributed by atoms with Gasteiger partial charge < -0.3 is 20.3 Å². The molecule has 1 aromatic heterocycles. The lowest BCUT2D eigenvalue weighted by atomic mass is 10.1. The van der Waals surface area contributed by atoms with Crippen LogP contribution >= 0.6 is 0 Å². The van der Waals surface area contributed by atoms with Gasteiger partial charge in [-0.2, -0.15) is 0 Å². The van der Waals surface area contributed by atoms with E-state index in [1.807, 2.05) is 0 Å². The highest BCUT2D eigenvalue weighted by atomic mass is 16.6. The first-order valence-corrected chi connectivity index (χ1v) is 6.30. The molecule has 1 fully saturated rings. The van der Waals surface area contributed by atoms with E-state index in [1.54, 1.807) is 11.6 Å². The van der Waals surface area contributed by atoms with Gasteiger partial charge in [-0.25, -0.2) is 0 Å². The Balaban J connectivity index is 1.85. The number of anilines is 1. The predicted octanol–water partition coefficient (Wildman–Crippen LogP) is 1.23. The van der Waals surface area contributed by atoms with Crippen LogP contribution in [-0.2, 0) is 7.05 Å². The molecule has 7 heteroatoms. The van der Waals surface area contributed by atoms with E-state index in [-0.39, 0.29) is 5.82 Å². The summed E-state index contributed by atoms with van der Waals surface area (Å²) in [5.41, 5.74) is 0. The van der Waals surface area contributed by atoms with E-state index in [4.69, 9.17) is 0 Å². The topological polar surface area (TPSA) is 76.2 Å². The molecule has 1 saturated heterocycles. The Bertz CT molecular complexity index is 412. The maximum atomic E-state index is 10.8. The summed E-state index contributed by atoms with van der Waals surface area (Å²) < 4.78 is 1.65. The van der Waals surface area contributed by atoms with E-state index >= 15 is 0 Å². The van der Waals surface area contributed by atoms with Gasteiger partial charge in [0.2, 0.25) is 12.1 Å². The molecule has 0 bridgehead atoms. The Morgan fingerprint density at radius 2 is 2.17 bits per heavy atom. The highest BCUT2D eigenvalue weighted by Gasteiger charge is 2.19. The van der Waals surface area contributed by atoms with Crippen molar-refractivity contribution >= 4 is 11.6 Å². The molecule has 1 aliphatic heterocycles. The van der Waals surface area contributed by atoms with Crippen molar-refractivity contribution in [2.24, 2.45) is 7.05 Å². The Morgan fingerprint density at radius 3 is 2.83 bits per heavy atom. The number of imidazole rings is 1. The van der Waals surface area contributed by atoms with E-state index in [1.165, 1.54) is 25.6 Å². The first kappa shape index (κ1) is 12.8. The minimum Gasteiger partial charge on any atom is -0.363 e. The maximum Gasteiger partial charge on any atom is 0.406 e. The predicted molar refractivity (Wildman–Crippen MR) is 68.6 cm³/mol. The number of piperidine rings is 1. The molecular formula is C11H19N5O2. The first-order chi connectivity index (χ1) is 8.68. The van der Waals surface area contributed by atoms with Crippen LogP contribution in [0.2, 0.25) is 0 Å². The number of hydrogen-bond donors (Lipinski definition) is 1. The van der Waals surface area contributed by atoms with Crippen LogP contribution in [0.15, 0.2) is 6.33 Å². The van der Waals surface area contributed by atoms with Gasteiger partial charge >= 0.3 is 5.82 Å². The summed E-state index contributed by atoms with van der Waals surface area (Å²) in [7, 11) is 1.75. The van der Waals surface area contributed by atoms with Crippen LogP contribution in [0.5, 0.6) is 0 Å². The van der Waals surface area contributed by atoms with Crippen LogP contribution in [-0.4, -0.2) is 45.6 Å². The van der Waals surface area contributed by atoms with Crippen molar-refractivity contribution in [2.75, 3.05) is 31.5 Å². The van der Waals surface area contributed by atoms with Crippen LogP contribution < -0.4 is 5.32 Å². The molecule has 0 aliphatic carbocycles. The summed E-state index contributed by atoms with van der Waals surface area (Å²) in [6, 6.07) is 0. The number of nitrogens with one attached hydrogen (secondary N) is 1. The van der Waals surface area contributed by atoms with Crippen LogP contribution in [0.1, 0.15) is 19.3 Å². The second-order valence-electron chi connectivity index (χ2n) is 4.61. The molecule has 7 nitrogen and oxygen atoms in total. The SMILES string of the molecule is Cn1cnc([N+](=O)[O-])c1NCCN1CCCCC1. The van der Waals surface area contributed by atoms with Crippen molar-refractivity contribution in [3.8, 4) is 0 Å². The molecule has 0 radical (unpaired) electrons. The van der Waals surface area contributed by atoms with Gasteiger partial charge in [-0.3, -0.25) is 4.57 Å². The molecule has 2 rings (SSSR count). The third-order valence-corrected chi connectivity index (χ3v) is 3.26. The average molecular weight is 253 g/mol. The normalized spacial score (nSPS) is 16.7. The molecule has 0 unspecified atom stereocenters. The lowest BCUT2D eigenvalue weighted by molar-refractivity contribution is -0.388. The molecule has 100 valence electrons. The van der Waals surface area contributed by atoms with Gasteiger partial charge in [-0.05, 0) is 35.8 Å². The van der Waals surface area contributed by atoms with Crippen molar-refractivity contribution < 1.29 is 4.92 Å². The minimum absolute atomic E-state index is 0.101. The fraction of sp³-hybridized carbons (Fsp3) is 0.727. The standard InChI is InChI=1S/C11H19N5O2/c1-14-9-13-11(16(17)18)10(14)12-5-8-15-6-3-2-4-7-15/h9,12H,2-8H2,1H3. The van der Waals surface area contributed by atoms with Gasteiger partial charge in [0.15, 0.2) is 0 Å². The summed E-state index contributed by atoms with van der Waals surface area (Å²) in [6.07, 6.45) is 5.29. The highest BCUT2D eigenvalue weighted by molar-refractivity contribution is 5.51. The largest absolute Gasteiger partial charge is 0.406 e. The molecule has 1 N–H and O–H groups in total. The quantitative estimate of drug-likeness (QED) is 0.631. The number of aromatic nitrogens is 2. The van der Waals surface area contributed by atoms with Gasteiger partial charge in [-0.15, -0.1) is 0 Å². The monoisotopic (exact) mass is 253 g/mol. The first-order valence-electron chi connectivity index (χ1n) is 6.30. The molecule has 0 amide bonds. The highest BCUT2D eigenvalue weighted by Crippen LogP contribution is 2.20. The molecule has 18 heavy (non-hydrogen) atoms. The third kappa shape index (κ3) is 2.98. The fourth-order valence-electron chi connectivity index (χ4n) is 2.27. The van der Waals surface area contributed by atoms with Crippen molar-refractivity contribution in [1.82, 2.24) is 14.5 Å². The molecule has 0 atom stereocenters. The van der Waals surface area contributed by atoms with E-state index < -0.39 is 4.92 Å². The van der Waals surface area contributed by atoms with E-state index in [9.17, 15) is 10.1 Å². The van der Waals surface area contributed by atoms with Crippen molar-refractivity contribution in [3.63, 3.8) is 0 Å². The van der Waals surface area contributed by atoms with Gasteiger partial charge in [0.1, 0.15) is 0 Å². The summed E-state index contributed by atoms with van der Waals surface area (Å²) in [5, 5.41) is 13.9. The molecule has 2 heterocycles. The summed E-state index contributed by atoms with van der Waals surface area (Å²) in [4.78, 5) is 16.5. The lowest BCUT2D eigenvalue weighted by Gasteiger charge is -2.26. The number of aryl methyl sites for hydroxylation is 1. The number of nitrogens with zero attached hydrogens (tertiary/aromatic N) is 4. The molecule has 0 spiro atoms.